The lowest BCUT2D eigenvalue weighted by Crippen LogP contribution is -2.27. The van der Waals surface area contributed by atoms with Gasteiger partial charge in [-0.05, 0) is 49.6 Å². The minimum Gasteiger partial charge on any atom is -0.489 e. The Bertz CT molecular complexity index is 439. The minimum absolute atomic E-state index is 0.476. The monoisotopic (exact) mass is 232 g/mol. The van der Waals surface area contributed by atoms with E-state index in [2.05, 4.69) is 25.1 Å². The highest BCUT2D eigenvalue weighted by molar-refractivity contribution is 5.64. The third-order valence-corrected chi connectivity index (χ3v) is 3.11. The number of benzene rings is 1. The van der Waals surface area contributed by atoms with Gasteiger partial charge in [-0.1, -0.05) is 19.4 Å². The average molecular weight is 232 g/mol. The zero-order valence-corrected chi connectivity index (χ0v) is 10.8. The minimum atomic E-state index is -0.807. The zero-order valence-electron chi connectivity index (χ0n) is 10.8. The van der Waals surface area contributed by atoms with Gasteiger partial charge in [-0.25, -0.2) is 0 Å². The first-order chi connectivity index (χ1) is 8.00. The first kappa shape index (κ1) is 12.2. The van der Waals surface area contributed by atoms with Gasteiger partial charge >= 0.3 is 0 Å². The van der Waals surface area contributed by atoms with Crippen molar-refractivity contribution < 1.29 is 9.84 Å². The van der Waals surface area contributed by atoms with E-state index in [1.807, 2.05) is 6.07 Å². The molecule has 0 atom stereocenters. The van der Waals surface area contributed by atoms with Crippen LogP contribution in [0.15, 0.2) is 23.8 Å². The summed E-state index contributed by atoms with van der Waals surface area (Å²) in [6, 6.07) is 6.30. The van der Waals surface area contributed by atoms with Crippen molar-refractivity contribution in [2.45, 2.75) is 39.2 Å². The van der Waals surface area contributed by atoms with Crippen LogP contribution >= 0.6 is 0 Å². The lowest BCUT2D eigenvalue weighted by Gasteiger charge is -2.26. The van der Waals surface area contributed by atoms with Crippen LogP contribution < -0.4 is 4.74 Å². The quantitative estimate of drug-likeness (QED) is 0.867. The van der Waals surface area contributed by atoms with Gasteiger partial charge in [-0.15, -0.1) is 0 Å². The first-order valence-corrected chi connectivity index (χ1v) is 6.20. The first-order valence-electron chi connectivity index (χ1n) is 6.20. The van der Waals surface area contributed by atoms with Gasteiger partial charge in [-0.3, -0.25) is 0 Å². The normalized spacial score (nSPS) is 14.9. The van der Waals surface area contributed by atoms with Crippen molar-refractivity contribution in [3.8, 4) is 5.75 Å². The summed E-state index contributed by atoms with van der Waals surface area (Å²) in [6.45, 7) is 6.24. The van der Waals surface area contributed by atoms with E-state index in [0.717, 1.165) is 29.7 Å². The van der Waals surface area contributed by atoms with Gasteiger partial charge in [0.2, 0.25) is 0 Å². The number of aliphatic hydroxyl groups is 1. The van der Waals surface area contributed by atoms with Crippen LogP contribution in [0.5, 0.6) is 5.75 Å². The molecule has 0 fully saturated rings. The summed E-state index contributed by atoms with van der Waals surface area (Å²) >= 11 is 0. The Kier molecular flexibility index (Phi) is 3.25. The standard InChI is InChI=1S/C15H20O2/c1-4-5-11-6-7-14-12(8-11)9-13(10-17-14)15(2,3)16/h6-9,16H,4-5,10H2,1-3H3. The largest absolute Gasteiger partial charge is 0.489 e. The van der Waals surface area contributed by atoms with E-state index in [1.54, 1.807) is 13.8 Å². The second-order valence-electron chi connectivity index (χ2n) is 5.14. The molecule has 0 amide bonds. The number of hydrogen-bond donors (Lipinski definition) is 1. The van der Waals surface area contributed by atoms with Crippen LogP contribution in [0.2, 0.25) is 0 Å². The molecule has 0 saturated heterocycles. The molecule has 1 heterocycles. The Morgan fingerprint density at radius 2 is 2.12 bits per heavy atom. The van der Waals surface area contributed by atoms with Gasteiger partial charge in [0.15, 0.2) is 0 Å². The molecule has 0 aromatic heterocycles. The second-order valence-corrected chi connectivity index (χ2v) is 5.14. The summed E-state index contributed by atoms with van der Waals surface area (Å²) in [5, 5.41) is 9.99. The van der Waals surface area contributed by atoms with Crippen LogP contribution in [0.4, 0.5) is 0 Å². The van der Waals surface area contributed by atoms with Crippen molar-refractivity contribution in [1.82, 2.24) is 0 Å². The van der Waals surface area contributed by atoms with Gasteiger partial charge in [-0.2, -0.15) is 0 Å². The van der Waals surface area contributed by atoms with Crippen LogP contribution in [0.3, 0.4) is 0 Å². The molecule has 1 aliphatic heterocycles. The number of aryl methyl sites for hydroxylation is 1. The number of fused-ring (bicyclic) bond motifs is 1. The summed E-state index contributed by atoms with van der Waals surface area (Å²) in [5.74, 6) is 0.915. The molecule has 1 N–H and O–H groups in total. The van der Waals surface area contributed by atoms with E-state index in [0.29, 0.717) is 6.61 Å². The summed E-state index contributed by atoms with van der Waals surface area (Å²) in [6.07, 6.45) is 4.28. The molecule has 0 saturated carbocycles. The number of hydrogen-bond acceptors (Lipinski definition) is 2. The average Bonchev–Trinajstić information content (AvgIpc) is 2.27. The third-order valence-electron chi connectivity index (χ3n) is 3.11. The highest BCUT2D eigenvalue weighted by Gasteiger charge is 2.23. The lowest BCUT2D eigenvalue weighted by atomic mass is 9.93. The molecule has 92 valence electrons. The van der Waals surface area contributed by atoms with E-state index in [-0.39, 0.29) is 0 Å². The molecule has 1 aromatic carbocycles. The molecular weight excluding hydrogens is 212 g/mol. The van der Waals surface area contributed by atoms with Crippen LogP contribution in [-0.4, -0.2) is 17.3 Å². The molecule has 1 aromatic rings. The highest BCUT2D eigenvalue weighted by atomic mass is 16.5. The lowest BCUT2D eigenvalue weighted by molar-refractivity contribution is 0.107. The van der Waals surface area contributed by atoms with E-state index in [1.165, 1.54) is 5.56 Å². The van der Waals surface area contributed by atoms with Crippen LogP contribution in [0, 0.1) is 0 Å². The Morgan fingerprint density at radius 1 is 1.35 bits per heavy atom. The fourth-order valence-corrected chi connectivity index (χ4v) is 2.02. The van der Waals surface area contributed by atoms with Crippen molar-refractivity contribution in [2.75, 3.05) is 6.61 Å². The molecule has 2 rings (SSSR count). The van der Waals surface area contributed by atoms with Crippen molar-refractivity contribution >= 4 is 6.08 Å². The molecule has 0 radical (unpaired) electrons. The molecule has 2 heteroatoms. The van der Waals surface area contributed by atoms with Gasteiger partial charge in [0.1, 0.15) is 12.4 Å². The summed E-state index contributed by atoms with van der Waals surface area (Å²) in [5.41, 5.74) is 2.53. The smallest absolute Gasteiger partial charge is 0.127 e. The molecule has 0 spiro atoms. The molecular formula is C15H20O2. The Morgan fingerprint density at radius 3 is 2.76 bits per heavy atom. The van der Waals surface area contributed by atoms with E-state index in [9.17, 15) is 5.11 Å². The Balaban J connectivity index is 2.35. The van der Waals surface area contributed by atoms with E-state index < -0.39 is 5.60 Å². The topological polar surface area (TPSA) is 29.5 Å². The van der Waals surface area contributed by atoms with E-state index >= 15 is 0 Å². The third kappa shape index (κ3) is 2.70. The van der Waals surface area contributed by atoms with Crippen molar-refractivity contribution in [3.63, 3.8) is 0 Å². The molecule has 0 bridgehead atoms. The van der Waals surface area contributed by atoms with Gasteiger partial charge in [0.05, 0.1) is 5.60 Å². The van der Waals surface area contributed by atoms with E-state index in [4.69, 9.17) is 4.74 Å². The predicted molar refractivity (Wildman–Crippen MR) is 70.2 cm³/mol. The zero-order chi connectivity index (χ0) is 12.5. The molecule has 0 aliphatic carbocycles. The highest BCUT2D eigenvalue weighted by Crippen LogP contribution is 2.31. The van der Waals surface area contributed by atoms with Crippen molar-refractivity contribution in [3.05, 3.63) is 34.9 Å². The van der Waals surface area contributed by atoms with Gasteiger partial charge in [0.25, 0.3) is 0 Å². The predicted octanol–water partition coefficient (Wildman–Crippen LogP) is 3.19. The van der Waals surface area contributed by atoms with Crippen LogP contribution in [0.25, 0.3) is 6.08 Å². The number of ether oxygens (including phenoxy) is 1. The Hall–Kier alpha value is -1.28. The molecule has 2 nitrogen and oxygen atoms in total. The molecule has 0 unspecified atom stereocenters. The fraction of sp³-hybridized carbons (Fsp3) is 0.467. The van der Waals surface area contributed by atoms with Crippen LogP contribution in [0.1, 0.15) is 38.3 Å². The maximum atomic E-state index is 9.99. The summed E-state index contributed by atoms with van der Waals surface area (Å²) < 4.78 is 5.67. The Labute approximate surface area is 103 Å². The maximum Gasteiger partial charge on any atom is 0.127 e. The van der Waals surface area contributed by atoms with Crippen molar-refractivity contribution in [1.29, 1.82) is 0 Å². The SMILES string of the molecule is CCCc1ccc2c(c1)C=C(C(C)(C)O)CO2. The summed E-state index contributed by atoms with van der Waals surface area (Å²) in [4.78, 5) is 0. The summed E-state index contributed by atoms with van der Waals surface area (Å²) in [7, 11) is 0. The van der Waals surface area contributed by atoms with Crippen molar-refractivity contribution in [2.24, 2.45) is 0 Å². The van der Waals surface area contributed by atoms with Gasteiger partial charge in [0, 0.05) is 5.56 Å². The maximum absolute atomic E-state index is 9.99. The number of rotatable bonds is 3. The fourth-order valence-electron chi connectivity index (χ4n) is 2.02. The molecule has 17 heavy (non-hydrogen) atoms. The van der Waals surface area contributed by atoms with Gasteiger partial charge < -0.3 is 9.84 Å². The van der Waals surface area contributed by atoms with Crippen LogP contribution in [-0.2, 0) is 6.42 Å². The second kappa shape index (κ2) is 4.53. The molecule has 1 aliphatic rings.